The second-order valence-corrected chi connectivity index (χ2v) is 6.32. The van der Waals surface area contributed by atoms with Crippen LogP contribution in [0.25, 0.3) is 0 Å². The Hall–Kier alpha value is -1.13. The monoisotopic (exact) mass is 290 g/mol. The SMILES string of the molecule is CCN1CCC(N(C)c2ccncc2CNC(C)C)CC1. The van der Waals surface area contributed by atoms with Crippen LogP contribution in [-0.2, 0) is 6.54 Å². The fourth-order valence-electron chi connectivity index (χ4n) is 3.03. The largest absolute Gasteiger partial charge is 0.371 e. The van der Waals surface area contributed by atoms with Crippen LogP contribution in [0.4, 0.5) is 5.69 Å². The summed E-state index contributed by atoms with van der Waals surface area (Å²) in [6.07, 6.45) is 6.42. The highest BCUT2D eigenvalue weighted by Crippen LogP contribution is 2.25. The van der Waals surface area contributed by atoms with Crippen LogP contribution in [0.2, 0.25) is 0 Å². The highest BCUT2D eigenvalue weighted by Gasteiger charge is 2.23. The second kappa shape index (κ2) is 7.76. The molecule has 21 heavy (non-hydrogen) atoms. The van der Waals surface area contributed by atoms with Gasteiger partial charge in [0.1, 0.15) is 0 Å². The summed E-state index contributed by atoms with van der Waals surface area (Å²) in [4.78, 5) is 9.31. The van der Waals surface area contributed by atoms with Crippen LogP contribution >= 0.6 is 0 Å². The molecule has 2 rings (SSSR count). The molecule has 4 heteroatoms. The Bertz CT molecular complexity index is 425. The van der Waals surface area contributed by atoms with E-state index in [0.29, 0.717) is 12.1 Å². The number of likely N-dealkylation sites (tertiary alicyclic amines) is 1. The summed E-state index contributed by atoms with van der Waals surface area (Å²) < 4.78 is 0. The molecular weight excluding hydrogens is 260 g/mol. The van der Waals surface area contributed by atoms with Gasteiger partial charge in [0.15, 0.2) is 0 Å². The Labute approximate surface area is 129 Å². The zero-order valence-electron chi connectivity index (χ0n) is 14.0. The number of anilines is 1. The summed E-state index contributed by atoms with van der Waals surface area (Å²) >= 11 is 0. The lowest BCUT2D eigenvalue weighted by Gasteiger charge is -2.38. The molecule has 4 nitrogen and oxygen atoms in total. The molecule has 1 aliphatic rings. The quantitative estimate of drug-likeness (QED) is 0.872. The van der Waals surface area contributed by atoms with E-state index < -0.39 is 0 Å². The third-order valence-electron chi connectivity index (χ3n) is 4.51. The lowest BCUT2D eigenvalue weighted by Crippen LogP contribution is -2.43. The van der Waals surface area contributed by atoms with Gasteiger partial charge in [-0.2, -0.15) is 0 Å². The molecule has 0 bridgehead atoms. The smallest absolute Gasteiger partial charge is 0.0442 e. The average molecular weight is 290 g/mol. The Morgan fingerprint density at radius 1 is 1.38 bits per heavy atom. The average Bonchev–Trinajstić information content (AvgIpc) is 2.52. The fraction of sp³-hybridized carbons (Fsp3) is 0.706. The molecule has 0 amide bonds. The molecule has 1 aromatic rings. The molecule has 1 fully saturated rings. The first kappa shape index (κ1) is 16.2. The van der Waals surface area contributed by atoms with E-state index in [-0.39, 0.29) is 0 Å². The van der Waals surface area contributed by atoms with Crippen LogP contribution in [0.15, 0.2) is 18.5 Å². The van der Waals surface area contributed by atoms with E-state index >= 15 is 0 Å². The Balaban J connectivity index is 2.03. The van der Waals surface area contributed by atoms with Crippen LogP contribution in [-0.4, -0.2) is 48.6 Å². The first-order chi connectivity index (χ1) is 10.1. The van der Waals surface area contributed by atoms with Crippen LogP contribution in [0.3, 0.4) is 0 Å². The highest BCUT2D eigenvalue weighted by atomic mass is 15.2. The maximum Gasteiger partial charge on any atom is 0.0442 e. The van der Waals surface area contributed by atoms with E-state index in [2.05, 4.69) is 54.0 Å². The first-order valence-electron chi connectivity index (χ1n) is 8.23. The molecule has 2 heterocycles. The third-order valence-corrected chi connectivity index (χ3v) is 4.51. The lowest BCUT2D eigenvalue weighted by molar-refractivity contribution is 0.220. The van der Waals surface area contributed by atoms with Gasteiger partial charge in [-0.25, -0.2) is 0 Å². The molecule has 0 unspecified atom stereocenters. The number of rotatable bonds is 6. The molecule has 1 aliphatic heterocycles. The van der Waals surface area contributed by atoms with Gasteiger partial charge >= 0.3 is 0 Å². The van der Waals surface area contributed by atoms with E-state index in [9.17, 15) is 0 Å². The number of nitrogens with one attached hydrogen (secondary N) is 1. The van der Waals surface area contributed by atoms with Gasteiger partial charge in [-0.1, -0.05) is 20.8 Å². The number of hydrogen-bond donors (Lipinski definition) is 1. The molecular formula is C17H30N4. The van der Waals surface area contributed by atoms with Crippen molar-refractivity contribution in [3.05, 3.63) is 24.0 Å². The van der Waals surface area contributed by atoms with Crippen molar-refractivity contribution in [1.82, 2.24) is 15.2 Å². The number of piperidine rings is 1. The van der Waals surface area contributed by atoms with Crippen molar-refractivity contribution >= 4 is 5.69 Å². The van der Waals surface area contributed by atoms with Crippen LogP contribution in [0.5, 0.6) is 0 Å². The van der Waals surface area contributed by atoms with Gasteiger partial charge in [-0.15, -0.1) is 0 Å². The highest BCUT2D eigenvalue weighted by molar-refractivity contribution is 5.52. The van der Waals surface area contributed by atoms with E-state index in [1.54, 1.807) is 0 Å². The molecule has 0 radical (unpaired) electrons. The Kier molecular flexibility index (Phi) is 6.00. The lowest BCUT2D eigenvalue weighted by atomic mass is 10.0. The standard InChI is InChI=1S/C17H30N4/c1-5-21-10-7-16(8-11-21)20(4)17-6-9-18-12-15(17)13-19-14(2)3/h6,9,12,14,16,19H,5,7-8,10-11,13H2,1-4H3. The Morgan fingerprint density at radius 2 is 2.10 bits per heavy atom. The molecule has 1 N–H and O–H groups in total. The zero-order valence-corrected chi connectivity index (χ0v) is 14.0. The summed E-state index contributed by atoms with van der Waals surface area (Å²) in [6.45, 7) is 11.1. The minimum absolute atomic E-state index is 0.496. The molecule has 0 saturated carbocycles. The summed E-state index contributed by atoms with van der Waals surface area (Å²) in [7, 11) is 2.24. The van der Waals surface area contributed by atoms with Crippen molar-refractivity contribution in [1.29, 1.82) is 0 Å². The van der Waals surface area contributed by atoms with Gasteiger partial charge in [0.2, 0.25) is 0 Å². The van der Waals surface area contributed by atoms with Crippen LogP contribution in [0.1, 0.15) is 39.2 Å². The number of aromatic nitrogens is 1. The van der Waals surface area contributed by atoms with E-state index in [1.807, 2.05) is 12.4 Å². The molecule has 0 spiro atoms. The number of hydrogen-bond acceptors (Lipinski definition) is 4. The van der Waals surface area contributed by atoms with E-state index in [1.165, 1.54) is 43.7 Å². The summed E-state index contributed by atoms with van der Waals surface area (Å²) in [5.74, 6) is 0. The normalized spacial score (nSPS) is 17.4. The summed E-state index contributed by atoms with van der Waals surface area (Å²) in [5.41, 5.74) is 2.62. The first-order valence-corrected chi connectivity index (χ1v) is 8.23. The molecule has 0 aliphatic carbocycles. The predicted octanol–water partition coefficient (Wildman–Crippen LogP) is 2.50. The van der Waals surface area contributed by atoms with Gasteiger partial charge in [0, 0.05) is 62.4 Å². The Morgan fingerprint density at radius 3 is 2.71 bits per heavy atom. The third kappa shape index (κ3) is 4.42. The topological polar surface area (TPSA) is 31.4 Å². The number of pyridine rings is 1. The molecule has 0 atom stereocenters. The number of nitrogens with zero attached hydrogens (tertiary/aromatic N) is 3. The zero-order chi connectivity index (χ0) is 15.2. The fourth-order valence-corrected chi connectivity index (χ4v) is 3.03. The minimum Gasteiger partial charge on any atom is -0.371 e. The van der Waals surface area contributed by atoms with Crippen molar-refractivity contribution in [2.24, 2.45) is 0 Å². The molecule has 1 saturated heterocycles. The predicted molar refractivity (Wildman–Crippen MR) is 89.8 cm³/mol. The van der Waals surface area contributed by atoms with E-state index in [4.69, 9.17) is 0 Å². The van der Waals surface area contributed by atoms with Crippen molar-refractivity contribution in [3.63, 3.8) is 0 Å². The maximum absolute atomic E-state index is 4.30. The van der Waals surface area contributed by atoms with Gasteiger partial charge in [0.25, 0.3) is 0 Å². The molecule has 118 valence electrons. The van der Waals surface area contributed by atoms with Crippen molar-refractivity contribution in [2.75, 3.05) is 31.6 Å². The second-order valence-electron chi connectivity index (χ2n) is 6.32. The molecule has 0 aromatic carbocycles. The van der Waals surface area contributed by atoms with Gasteiger partial charge in [0.05, 0.1) is 0 Å². The van der Waals surface area contributed by atoms with Crippen LogP contribution in [0, 0.1) is 0 Å². The van der Waals surface area contributed by atoms with Crippen molar-refractivity contribution in [2.45, 2.75) is 52.2 Å². The summed E-state index contributed by atoms with van der Waals surface area (Å²) in [5, 5.41) is 3.50. The van der Waals surface area contributed by atoms with Crippen molar-refractivity contribution < 1.29 is 0 Å². The van der Waals surface area contributed by atoms with Gasteiger partial charge in [-0.05, 0) is 25.5 Å². The van der Waals surface area contributed by atoms with Crippen LogP contribution < -0.4 is 10.2 Å². The van der Waals surface area contributed by atoms with Crippen molar-refractivity contribution in [3.8, 4) is 0 Å². The van der Waals surface area contributed by atoms with E-state index in [0.717, 1.165) is 6.54 Å². The molecule has 1 aromatic heterocycles. The minimum atomic E-state index is 0.496. The maximum atomic E-state index is 4.30. The van der Waals surface area contributed by atoms with Gasteiger partial charge < -0.3 is 15.1 Å². The summed E-state index contributed by atoms with van der Waals surface area (Å²) in [6, 6.07) is 3.30. The van der Waals surface area contributed by atoms with Gasteiger partial charge in [-0.3, -0.25) is 4.98 Å².